The lowest BCUT2D eigenvalue weighted by molar-refractivity contribution is 0.0621. The van der Waals surface area contributed by atoms with Crippen molar-refractivity contribution in [1.29, 1.82) is 0 Å². The van der Waals surface area contributed by atoms with Gasteiger partial charge in [-0.15, -0.1) is 0 Å². The SMILES string of the molecule is Nc1ccc2[nH]cc(C(=O)NC3CN4CCC3CC4)c2c1. The maximum Gasteiger partial charge on any atom is 0.253 e. The first-order chi connectivity index (χ1) is 10.2. The zero-order valence-electron chi connectivity index (χ0n) is 11.9. The highest BCUT2D eigenvalue weighted by atomic mass is 16.1. The Kier molecular flexibility index (Phi) is 2.89. The molecule has 1 aromatic carbocycles. The summed E-state index contributed by atoms with van der Waals surface area (Å²) in [5, 5.41) is 4.12. The first kappa shape index (κ1) is 12.7. The Labute approximate surface area is 123 Å². The minimum atomic E-state index is 0.00519. The van der Waals surface area contributed by atoms with Gasteiger partial charge in [0.15, 0.2) is 0 Å². The highest BCUT2D eigenvalue weighted by molar-refractivity contribution is 6.07. The number of rotatable bonds is 2. The molecule has 0 spiro atoms. The van der Waals surface area contributed by atoms with E-state index in [0.717, 1.165) is 17.4 Å². The van der Waals surface area contributed by atoms with Crippen molar-refractivity contribution in [1.82, 2.24) is 15.2 Å². The fourth-order valence-corrected chi connectivity index (χ4v) is 3.70. The minimum absolute atomic E-state index is 0.00519. The van der Waals surface area contributed by atoms with Gasteiger partial charge in [-0.1, -0.05) is 0 Å². The quantitative estimate of drug-likeness (QED) is 0.733. The van der Waals surface area contributed by atoms with E-state index >= 15 is 0 Å². The topological polar surface area (TPSA) is 74.1 Å². The van der Waals surface area contributed by atoms with Gasteiger partial charge < -0.3 is 20.9 Å². The number of piperidine rings is 3. The van der Waals surface area contributed by atoms with E-state index in [1.165, 1.54) is 25.9 Å². The van der Waals surface area contributed by atoms with Crippen LogP contribution in [-0.4, -0.2) is 41.5 Å². The molecule has 4 N–H and O–H groups in total. The van der Waals surface area contributed by atoms with Gasteiger partial charge in [-0.05, 0) is 50.0 Å². The number of carbonyl (C=O) groups excluding carboxylic acids is 1. The zero-order valence-corrected chi connectivity index (χ0v) is 11.9. The van der Waals surface area contributed by atoms with E-state index in [0.29, 0.717) is 17.2 Å². The molecule has 1 unspecified atom stereocenters. The summed E-state index contributed by atoms with van der Waals surface area (Å²) >= 11 is 0. The average Bonchev–Trinajstić information content (AvgIpc) is 2.91. The van der Waals surface area contributed by atoms with Crippen LogP contribution in [0.15, 0.2) is 24.4 Å². The number of hydrogen-bond donors (Lipinski definition) is 3. The van der Waals surface area contributed by atoms with Gasteiger partial charge in [0.2, 0.25) is 0 Å². The first-order valence-corrected chi connectivity index (χ1v) is 7.60. The second-order valence-corrected chi connectivity index (χ2v) is 6.23. The molecule has 3 aliphatic heterocycles. The Morgan fingerprint density at radius 1 is 1.33 bits per heavy atom. The summed E-state index contributed by atoms with van der Waals surface area (Å²) in [5.41, 5.74) is 8.15. The van der Waals surface area contributed by atoms with Crippen molar-refractivity contribution in [3.8, 4) is 0 Å². The number of benzene rings is 1. The predicted molar refractivity (Wildman–Crippen MR) is 83.1 cm³/mol. The number of nitrogens with one attached hydrogen (secondary N) is 2. The molecule has 3 saturated heterocycles. The number of hydrogen-bond acceptors (Lipinski definition) is 3. The van der Waals surface area contributed by atoms with Gasteiger partial charge in [0, 0.05) is 35.4 Å². The smallest absolute Gasteiger partial charge is 0.253 e. The Balaban J connectivity index is 1.57. The van der Waals surface area contributed by atoms with Crippen LogP contribution in [0.5, 0.6) is 0 Å². The Morgan fingerprint density at radius 2 is 2.14 bits per heavy atom. The highest BCUT2D eigenvalue weighted by Gasteiger charge is 2.35. The van der Waals surface area contributed by atoms with Crippen LogP contribution in [0.3, 0.4) is 0 Å². The number of nitrogen functional groups attached to an aromatic ring is 1. The predicted octanol–water partition coefficient (Wildman–Crippen LogP) is 1.57. The van der Waals surface area contributed by atoms with E-state index in [2.05, 4.69) is 15.2 Å². The van der Waals surface area contributed by atoms with Gasteiger partial charge in [0.1, 0.15) is 0 Å². The van der Waals surface area contributed by atoms with E-state index in [-0.39, 0.29) is 11.9 Å². The van der Waals surface area contributed by atoms with Crippen molar-refractivity contribution in [2.45, 2.75) is 18.9 Å². The van der Waals surface area contributed by atoms with Crippen molar-refractivity contribution in [3.05, 3.63) is 30.0 Å². The van der Waals surface area contributed by atoms with Crippen molar-refractivity contribution in [3.63, 3.8) is 0 Å². The normalized spacial score (nSPS) is 27.9. The second kappa shape index (κ2) is 4.77. The van der Waals surface area contributed by atoms with Gasteiger partial charge >= 0.3 is 0 Å². The van der Waals surface area contributed by atoms with Crippen LogP contribution in [0.25, 0.3) is 10.9 Å². The maximum atomic E-state index is 12.6. The van der Waals surface area contributed by atoms with E-state index in [1.54, 1.807) is 6.20 Å². The molecule has 1 amide bonds. The molecule has 0 saturated carbocycles. The molecule has 5 nitrogen and oxygen atoms in total. The molecule has 1 atom stereocenters. The van der Waals surface area contributed by atoms with Crippen LogP contribution < -0.4 is 11.1 Å². The van der Waals surface area contributed by atoms with Gasteiger partial charge in [-0.2, -0.15) is 0 Å². The number of amides is 1. The van der Waals surface area contributed by atoms with Gasteiger partial charge in [-0.25, -0.2) is 0 Å². The lowest BCUT2D eigenvalue weighted by atomic mass is 9.84. The van der Waals surface area contributed by atoms with Crippen LogP contribution in [0.4, 0.5) is 5.69 Å². The first-order valence-electron chi connectivity index (χ1n) is 7.60. The van der Waals surface area contributed by atoms with Gasteiger partial charge in [0.25, 0.3) is 5.91 Å². The molecule has 3 fully saturated rings. The largest absolute Gasteiger partial charge is 0.399 e. The van der Waals surface area contributed by atoms with Crippen LogP contribution in [-0.2, 0) is 0 Å². The fourth-order valence-electron chi connectivity index (χ4n) is 3.70. The summed E-state index contributed by atoms with van der Waals surface area (Å²) in [5.74, 6) is 0.639. The number of aromatic amines is 1. The molecule has 5 rings (SSSR count). The third kappa shape index (κ3) is 2.17. The number of carbonyl (C=O) groups is 1. The monoisotopic (exact) mass is 284 g/mol. The van der Waals surface area contributed by atoms with Crippen LogP contribution in [0, 0.1) is 5.92 Å². The summed E-state index contributed by atoms with van der Waals surface area (Å²) in [6.07, 6.45) is 4.18. The van der Waals surface area contributed by atoms with E-state index in [4.69, 9.17) is 5.73 Å². The Bertz CT molecular complexity index is 685. The van der Waals surface area contributed by atoms with E-state index < -0.39 is 0 Å². The molecule has 2 aromatic rings. The average molecular weight is 284 g/mol. The lowest BCUT2D eigenvalue weighted by Crippen LogP contribution is -2.57. The molecule has 2 bridgehead atoms. The summed E-state index contributed by atoms with van der Waals surface area (Å²) in [7, 11) is 0. The Hall–Kier alpha value is -2.01. The molecule has 0 aliphatic carbocycles. The van der Waals surface area contributed by atoms with Crippen molar-refractivity contribution >= 4 is 22.5 Å². The summed E-state index contributed by atoms with van der Waals surface area (Å²) in [4.78, 5) is 18.2. The van der Waals surface area contributed by atoms with Crippen LogP contribution >= 0.6 is 0 Å². The number of anilines is 1. The molecule has 21 heavy (non-hydrogen) atoms. The molecular formula is C16H20N4O. The highest BCUT2D eigenvalue weighted by Crippen LogP contribution is 2.28. The molecule has 0 radical (unpaired) electrons. The molecule has 4 heterocycles. The molecule has 1 aromatic heterocycles. The molecule has 5 heteroatoms. The van der Waals surface area contributed by atoms with Gasteiger partial charge in [-0.3, -0.25) is 4.79 Å². The second-order valence-electron chi connectivity index (χ2n) is 6.23. The molecule has 3 aliphatic rings. The van der Waals surface area contributed by atoms with Gasteiger partial charge in [0.05, 0.1) is 5.56 Å². The fraction of sp³-hybridized carbons (Fsp3) is 0.438. The third-order valence-electron chi connectivity index (χ3n) is 4.92. The minimum Gasteiger partial charge on any atom is -0.399 e. The Morgan fingerprint density at radius 3 is 2.86 bits per heavy atom. The van der Waals surface area contributed by atoms with Crippen LogP contribution in [0.2, 0.25) is 0 Å². The van der Waals surface area contributed by atoms with Crippen molar-refractivity contribution in [2.24, 2.45) is 5.92 Å². The lowest BCUT2D eigenvalue weighted by Gasteiger charge is -2.44. The number of nitrogens with zero attached hydrogens (tertiary/aromatic N) is 1. The van der Waals surface area contributed by atoms with Crippen molar-refractivity contribution in [2.75, 3.05) is 25.4 Å². The third-order valence-corrected chi connectivity index (χ3v) is 4.92. The number of H-pyrrole nitrogens is 1. The standard InChI is InChI=1S/C16H20N4O/c17-11-1-2-14-12(7-11)13(8-18-14)16(21)19-15-9-20-5-3-10(15)4-6-20/h1-2,7-8,10,15,18H,3-6,9,17H2,(H,19,21). The molecular weight excluding hydrogens is 264 g/mol. The maximum absolute atomic E-state index is 12.6. The summed E-state index contributed by atoms with van der Waals surface area (Å²) < 4.78 is 0. The van der Waals surface area contributed by atoms with E-state index in [1.807, 2.05) is 18.2 Å². The number of nitrogens with two attached hydrogens (primary N) is 1. The molecule has 110 valence electrons. The summed E-state index contributed by atoms with van der Waals surface area (Å²) in [6.45, 7) is 3.35. The van der Waals surface area contributed by atoms with Crippen LogP contribution in [0.1, 0.15) is 23.2 Å². The van der Waals surface area contributed by atoms with E-state index in [9.17, 15) is 4.79 Å². The summed E-state index contributed by atoms with van der Waals surface area (Å²) in [6, 6.07) is 5.90. The van der Waals surface area contributed by atoms with Crippen molar-refractivity contribution < 1.29 is 4.79 Å². The number of fused-ring (bicyclic) bond motifs is 4. The zero-order chi connectivity index (χ0) is 14.4. The number of aromatic nitrogens is 1.